The van der Waals surface area contributed by atoms with Gasteiger partial charge >= 0.3 is 11.9 Å². The molecule has 0 unspecified atom stereocenters. The van der Waals surface area contributed by atoms with E-state index in [0.29, 0.717) is 61.2 Å². The predicted molar refractivity (Wildman–Crippen MR) is 191 cm³/mol. The van der Waals surface area contributed by atoms with Crippen molar-refractivity contribution in [2.24, 2.45) is 0 Å². The van der Waals surface area contributed by atoms with E-state index < -0.39 is 10.8 Å². The summed E-state index contributed by atoms with van der Waals surface area (Å²) in [5.74, 6) is 0.156. The molecule has 0 fully saturated rings. The fourth-order valence-corrected chi connectivity index (χ4v) is 6.13. The fraction of sp³-hybridized carbons (Fsp3) is 0.650. The lowest BCUT2D eigenvalue weighted by Crippen LogP contribution is -2.19. The molecule has 0 saturated carbocycles. The van der Waals surface area contributed by atoms with Crippen molar-refractivity contribution >= 4 is 11.9 Å². The number of unbranched alkanes of at least 4 members (excludes halogenated alkanes) is 3. The van der Waals surface area contributed by atoms with Gasteiger partial charge in [-0.25, -0.2) is 0 Å². The molecule has 48 heavy (non-hydrogen) atoms. The molecule has 0 aromatic heterocycles. The van der Waals surface area contributed by atoms with Crippen molar-refractivity contribution in [3.63, 3.8) is 0 Å². The van der Waals surface area contributed by atoms with Crippen LogP contribution in [0.15, 0.2) is 24.3 Å². The monoisotopic (exact) mass is 670 g/mol. The molecule has 8 heteroatoms. The summed E-state index contributed by atoms with van der Waals surface area (Å²) in [5, 5.41) is 42.4. The van der Waals surface area contributed by atoms with Crippen molar-refractivity contribution in [3.05, 3.63) is 46.5 Å². The molecule has 0 aliphatic carbocycles. The number of rotatable bonds is 17. The number of hydrogen-bond donors (Lipinski definition) is 4. The molecule has 2 rings (SSSR count). The van der Waals surface area contributed by atoms with Gasteiger partial charge in [0.1, 0.15) is 23.0 Å². The van der Waals surface area contributed by atoms with Crippen molar-refractivity contribution in [1.29, 1.82) is 0 Å². The number of phenolic OH excluding ortho intramolecular Hbond substituents is 4. The van der Waals surface area contributed by atoms with Crippen LogP contribution >= 0.6 is 0 Å². The second-order valence-corrected chi connectivity index (χ2v) is 16.6. The highest BCUT2D eigenvalue weighted by Crippen LogP contribution is 2.43. The fourth-order valence-electron chi connectivity index (χ4n) is 6.13. The molecule has 0 heterocycles. The van der Waals surface area contributed by atoms with Crippen LogP contribution in [0, 0.1) is 0 Å². The van der Waals surface area contributed by atoms with Crippen molar-refractivity contribution in [3.8, 4) is 23.0 Å². The van der Waals surface area contributed by atoms with Crippen LogP contribution in [0.4, 0.5) is 0 Å². The van der Waals surface area contributed by atoms with Crippen LogP contribution in [-0.2, 0) is 40.7 Å². The van der Waals surface area contributed by atoms with Gasteiger partial charge in [-0.1, -0.05) is 69.2 Å². The number of benzene rings is 2. The van der Waals surface area contributed by atoms with E-state index in [1.54, 1.807) is 24.3 Å². The molecule has 0 aliphatic rings. The van der Waals surface area contributed by atoms with E-state index in [2.05, 4.69) is 0 Å². The van der Waals surface area contributed by atoms with Gasteiger partial charge in [0.05, 0.1) is 13.2 Å². The predicted octanol–water partition coefficient (Wildman–Crippen LogP) is 9.35. The van der Waals surface area contributed by atoms with Crippen molar-refractivity contribution in [2.75, 3.05) is 13.2 Å². The third-order valence-electron chi connectivity index (χ3n) is 9.23. The van der Waals surface area contributed by atoms with Gasteiger partial charge in [-0.05, 0) is 97.3 Å². The maximum Gasteiger partial charge on any atom is 0.305 e. The van der Waals surface area contributed by atoms with Crippen molar-refractivity contribution in [1.82, 2.24) is 0 Å². The van der Waals surface area contributed by atoms with E-state index in [-0.39, 0.29) is 58.6 Å². The van der Waals surface area contributed by atoms with E-state index in [1.807, 2.05) is 69.2 Å². The first kappa shape index (κ1) is 40.8. The third kappa shape index (κ3) is 12.2. The molecule has 0 saturated heterocycles. The smallest absolute Gasteiger partial charge is 0.305 e. The molecule has 2 aromatic rings. The van der Waals surface area contributed by atoms with Crippen LogP contribution in [0.2, 0.25) is 0 Å². The number of aromatic hydroxyl groups is 4. The summed E-state index contributed by atoms with van der Waals surface area (Å²) in [5.41, 5.74) is 1.29. The number of carbonyl (C=O) groups excluding carboxylic acids is 2. The quantitative estimate of drug-likeness (QED) is 0.0743. The van der Waals surface area contributed by atoms with Crippen LogP contribution in [0.3, 0.4) is 0 Å². The molecule has 4 N–H and O–H groups in total. The SMILES string of the molecule is CC(C)(C)c1cc(O)c(C(C)(C)CCCC(=O)OCCCCCCOC(=O)CCCC(C)(C)c2cc(O)c(C(C)(C)C)cc2O)cc1O. The Hall–Kier alpha value is -3.42. The Morgan fingerprint density at radius 3 is 1.08 bits per heavy atom. The highest BCUT2D eigenvalue weighted by Gasteiger charge is 2.29. The Balaban J connectivity index is 1.60. The van der Waals surface area contributed by atoms with Crippen LogP contribution in [0.1, 0.15) is 156 Å². The Kier molecular flexibility index (Phi) is 14.3. The minimum atomic E-state index is -0.425. The summed E-state index contributed by atoms with van der Waals surface area (Å²) in [6.45, 7) is 20.6. The van der Waals surface area contributed by atoms with Gasteiger partial charge in [-0.3, -0.25) is 9.59 Å². The van der Waals surface area contributed by atoms with E-state index >= 15 is 0 Å². The average molecular weight is 671 g/mol. The molecule has 0 aliphatic heterocycles. The van der Waals surface area contributed by atoms with E-state index in [0.717, 1.165) is 25.7 Å². The van der Waals surface area contributed by atoms with Gasteiger partial charge in [0.15, 0.2) is 0 Å². The first-order valence-corrected chi connectivity index (χ1v) is 17.5. The minimum Gasteiger partial charge on any atom is -0.508 e. The Bertz CT molecular complexity index is 1270. The lowest BCUT2D eigenvalue weighted by molar-refractivity contribution is -0.145. The molecule has 0 atom stereocenters. The standard InChI is InChI=1S/C40H62O8/c1-37(2,3)27-23-33(43)29(25-31(27)41)39(7,8)19-15-17-35(45)47-21-13-11-12-14-22-48-36(46)18-16-20-40(9,10)30-26-32(42)28(24-34(30)44)38(4,5)6/h23-26,41-44H,11-22H2,1-10H3. The van der Waals surface area contributed by atoms with Crippen LogP contribution in [-0.4, -0.2) is 45.6 Å². The minimum absolute atomic E-state index is 0.155. The lowest BCUT2D eigenvalue weighted by Gasteiger charge is -2.29. The van der Waals surface area contributed by atoms with E-state index in [4.69, 9.17) is 9.47 Å². The zero-order chi connectivity index (χ0) is 36.5. The van der Waals surface area contributed by atoms with Crippen LogP contribution < -0.4 is 0 Å². The van der Waals surface area contributed by atoms with Crippen LogP contribution in [0.5, 0.6) is 23.0 Å². The Morgan fingerprint density at radius 2 is 0.771 bits per heavy atom. The number of hydrogen-bond acceptors (Lipinski definition) is 8. The maximum atomic E-state index is 12.3. The molecule has 8 nitrogen and oxygen atoms in total. The topological polar surface area (TPSA) is 134 Å². The van der Waals surface area contributed by atoms with Gasteiger partial charge in [0, 0.05) is 35.1 Å². The number of phenols is 4. The zero-order valence-corrected chi connectivity index (χ0v) is 31.2. The molecule has 0 spiro atoms. The van der Waals surface area contributed by atoms with Crippen molar-refractivity contribution in [2.45, 2.75) is 155 Å². The summed E-state index contributed by atoms with van der Waals surface area (Å²) < 4.78 is 10.8. The summed E-state index contributed by atoms with van der Waals surface area (Å²) in [6, 6.07) is 6.57. The highest BCUT2D eigenvalue weighted by molar-refractivity contribution is 5.69. The lowest BCUT2D eigenvalue weighted by atomic mass is 9.77. The summed E-state index contributed by atoms with van der Waals surface area (Å²) >= 11 is 0. The van der Waals surface area contributed by atoms with Gasteiger partial charge in [-0.15, -0.1) is 0 Å². The summed E-state index contributed by atoms with van der Waals surface area (Å²) in [6.07, 6.45) is 6.30. The molecule has 0 bridgehead atoms. The van der Waals surface area contributed by atoms with Gasteiger partial charge < -0.3 is 29.9 Å². The first-order valence-electron chi connectivity index (χ1n) is 17.5. The Morgan fingerprint density at radius 1 is 0.479 bits per heavy atom. The number of esters is 2. The van der Waals surface area contributed by atoms with Gasteiger partial charge in [0.25, 0.3) is 0 Å². The number of carbonyl (C=O) groups is 2. The van der Waals surface area contributed by atoms with Gasteiger partial charge in [0.2, 0.25) is 0 Å². The highest BCUT2D eigenvalue weighted by atomic mass is 16.5. The summed E-state index contributed by atoms with van der Waals surface area (Å²) in [4.78, 5) is 24.5. The largest absolute Gasteiger partial charge is 0.508 e. The molecule has 2 aromatic carbocycles. The van der Waals surface area contributed by atoms with E-state index in [1.165, 1.54) is 0 Å². The Labute approximate surface area is 288 Å². The normalized spacial score (nSPS) is 12.6. The number of ether oxygens (including phenoxy) is 2. The zero-order valence-electron chi connectivity index (χ0n) is 31.2. The van der Waals surface area contributed by atoms with E-state index in [9.17, 15) is 30.0 Å². The van der Waals surface area contributed by atoms with Gasteiger partial charge in [-0.2, -0.15) is 0 Å². The third-order valence-corrected chi connectivity index (χ3v) is 9.23. The molecular formula is C40H62O8. The molecule has 0 amide bonds. The summed E-state index contributed by atoms with van der Waals surface area (Å²) in [7, 11) is 0. The average Bonchev–Trinajstić information content (AvgIpc) is 2.95. The maximum absolute atomic E-state index is 12.3. The molecule has 0 radical (unpaired) electrons. The molecule has 270 valence electrons. The van der Waals surface area contributed by atoms with Crippen molar-refractivity contribution < 1.29 is 39.5 Å². The first-order chi connectivity index (χ1) is 22.1. The molecular weight excluding hydrogens is 608 g/mol. The second-order valence-electron chi connectivity index (χ2n) is 16.6. The second kappa shape index (κ2) is 16.8. The van der Waals surface area contributed by atoms with Crippen LogP contribution in [0.25, 0.3) is 0 Å².